The van der Waals surface area contributed by atoms with Gasteiger partial charge >= 0.3 is 0 Å². The summed E-state index contributed by atoms with van der Waals surface area (Å²) in [5, 5.41) is 5.75. The molecule has 0 radical (unpaired) electrons. The van der Waals surface area contributed by atoms with E-state index in [0.29, 0.717) is 11.8 Å². The Morgan fingerprint density at radius 1 is 1.40 bits per heavy atom. The Bertz CT molecular complexity index is 676. The summed E-state index contributed by atoms with van der Waals surface area (Å²) >= 11 is 3.44. The van der Waals surface area contributed by atoms with Gasteiger partial charge in [0, 0.05) is 13.2 Å². The van der Waals surface area contributed by atoms with Crippen molar-refractivity contribution in [3.05, 3.63) is 34.9 Å². The lowest BCUT2D eigenvalue weighted by atomic mass is 10.2. The van der Waals surface area contributed by atoms with Gasteiger partial charge in [-0.1, -0.05) is 12.1 Å². The van der Waals surface area contributed by atoms with Gasteiger partial charge in [0.05, 0.1) is 15.8 Å². The lowest BCUT2D eigenvalue weighted by Gasteiger charge is -2.30. The zero-order valence-corrected chi connectivity index (χ0v) is 12.3. The normalized spacial score (nSPS) is 13.7. The molecular weight excluding hydrogens is 322 g/mol. The van der Waals surface area contributed by atoms with Crippen LogP contribution in [0.4, 0.5) is 23.1 Å². The Labute approximate surface area is 124 Å². The summed E-state index contributed by atoms with van der Waals surface area (Å²) in [6, 6.07) is 7.63. The minimum absolute atomic E-state index is 0.0692. The first-order chi connectivity index (χ1) is 9.69. The van der Waals surface area contributed by atoms with Crippen LogP contribution in [-0.4, -0.2) is 29.5 Å². The molecule has 0 spiro atoms. The van der Waals surface area contributed by atoms with Crippen molar-refractivity contribution in [3.63, 3.8) is 0 Å². The molecule has 0 aliphatic carbocycles. The first kappa shape index (κ1) is 12.9. The number of amides is 1. The van der Waals surface area contributed by atoms with Gasteiger partial charge in [0.25, 0.3) is 0 Å². The Hall–Kier alpha value is -2.15. The van der Waals surface area contributed by atoms with Crippen LogP contribution in [0.25, 0.3) is 0 Å². The molecule has 0 fully saturated rings. The Balaban J connectivity index is 2.12. The standard InChI is InChI=1S/C13H12BrN5O/c1-15-13-16-6-8(14)12(18-13)19-7-11(20)17-9-4-2-3-5-10(9)19/h2-6H,7H2,1H3,(H,17,20)(H,15,16,18). The van der Waals surface area contributed by atoms with Gasteiger partial charge in [-0.25, -0.2) is 4.98 Å². The molecule has 0 bridgehead atoms. The molecule has 1 aromatic heterocycles. The largest absolute Gasteiger partial charge is 0.357 e. The third kappa shape index (κ3) is 2.20. The van der Waals surface area contributed by atoms with Gasteiger partial charge in [-0.15, -0.1) is 0 Å². The number of carbonyl (C=O) groups is 1. The van der Waals surface area contributed by atoms with Crippen LogP contribution in [0, 0.1) is 0 Å². The molecule has 7 heteroatoms. The summed E-state index contributed by atoms with van der Waals surface area (Å²) in [5.41, 5.74) is 1.69. The van der Waals surface area contributed by atoms with Gasteiger partial charge in [0.2, 0.25) is 11.9 Å². The third-order valence-corrected chi connectivity index (χ3v) is 3.53. The molecule has 2 heterocycles. The molecule has 1 aliphatic rings. The third-order valence-electron chi connectivity index (χ3n) is 2.98. The van der Waals surface area contributed by atoms with Gasteiger partial charge in [-0.3, -0.25) is 4.79 Å². The van der Waals surface area contributed by atoms with Gasteiger partial charge < -0.3 is 15.5 Å². The van der Waals surface area contributed by atoms with E-state index >= 15 is 0 Å². The fraction of sp³-hybridized carbons (Fsp3) is 0.154. The molecule has 6 nitrogen and oxygen atoms in total. The predicted octanol–water partition coefficient (Wildman–Crippen LogP) is 2.37. The predicted molar refractivity (Wildman–Crippen MR) is 81.4 cm³/mol. The molecule has 2 aromatic rings. The molecule has 1 aliphatic heterocycles. The first-order valence-electron chi connectivity index (χ1n) is 6.06. The van der Waals surface area contributed by atoms with Crippen LogP contribution in [-0.2, 0) is 4.79 Å². The molecule has 0 atom stereocenters. The van der Waals surface area contributed by atoms with E-state index in [-0.39, 0.29) is 12.5 Å². The average Bonchev–Trinajstić information content (AvgIpc) is 2.47. The molecule has 20 heavy (non-hydrogen) atoms. The zero-order chi connectivity index (χ0) is 14.1. The summed E-state index contributed by atoms with van der Waals surface area (Å²) < 4.78 is 0.737. The SMILES string of the molecule is CNc1ncc(Br)c(N2CC(=O)Nc3ccccc32)n1. The van der Waals surface area contributed by atoms with E-state index in [1.807, 2.05) is 29.2 Å². The number of benzene rings is 1. The lowest BCUT2D eigenvalue weighted by Crippen LogP contribution is -2.35. The number of aromatic nitrogens is 2. The van der Waals surface area contributed by atoms with Crippen molar-refractivity contribution in [2.75, 3.05) is 29.1 Å². The molecule has 0 saturated heterocycles. The number of halogens is 1. The molecule has 2 N–H and O–H groups in total. The molecule has 1 aromatic carbocycles. The molecule has 1 amide bonds. The summed E-state index contributed by atoms with van der Waals surface area (Å²) in [5.74, 6) is 1.10. The van der Waals surface area contributed by atoms with E-state index in [1.165, 1.54) is 0 Å². The number of carbonyl (C=O) groups excluding carboxylic acids is 1. The fourth-order valence-corrected chi connectivity index (χ4v) is 2.50. The van der Waals surface area contributed by atoms with Crippen molar-refractivity contribution in [1.82, 2.24) is 9.97 Å². The quantitative estimate of drug-likeness (QED) is 0.882. The van der Waals surface area contributed by atoms with Crippen LogP contribution < -0.4 is 15.5 Å². The number of fused-ring (bicyclic) bond motifs is 1. The number of anilines is 4. The number of para-hydroxylation sites is 2. The summed E-state index contributed by atoms with van der Waals surface area (Å²) in [4.78, 5) is 22.3. The highest BCUT2D eigenvalue weighted by molar-refractivity contribution is 9.10. The van der Waals surface area contributed by atoms with Crippen LogP contribution in [0.3, 0.4) is 0 Å². The highest BCUT2D eigenvalue weighted by Gasteiger charge is 2.25. The van der Waals surface area contributed by atoms with Crippen molar-refractivity contribution in [3.8, 4) is 0 Å². The van der Waals surface area contributed by atoms with Crippen molar-refractivity contribution in [1.29, 1.82) is 0 Å². The molecular formula is C13H12BrN5O. The lowest BCUT2D eigenvalue weighted by molar-refractivity contribution is -0.115. The maximum absolute atomic E-state index is 11.8. The van der Waals surface area contributed by atoms with Crippen LogP contribution in [0.1, 0.15) is 0 Å². The van der Waals surface area contributed by atoms with Gasteiger partial charge in [-0.05, 0) is 28.1 Å². The van der Waals surface area contributed by atoms with Crippen LogP contribution in [0.15, 0.2) is 34.9 Å². The van der Waals surface area contributed by atoms with E-state index in [9.17, 15) is 4.79 Å². The number of nitrogens with zero attached hydrogens (tertiary/aromatic N) is 3. The second-order valence-electron chi connectivity index (χ2n) is 4.27. The second kappa shape index (κ2) is 5.09. The van der Waals surface area contributed by atoms with Crippen molar-refractivity contribution in [2.24, 2.45) is 0 Å². The highest BCUT2D eigenvalue weighted by atomic mass is 79.9. The van der Waals surface area contributed by atoms with Gasteiger partial charge in [0.1, 0.15) is 6.54 Å². The Morgan fingerprint density at radius 2 is 2.20 bits per heavy atom. The van der Waals surface area contributed by atoms with Gasteiger partial charge in [-0.2, -0.15) is 4.98 Å². The van der Waals surface area contributed by atoms with Crippen LogP contribution >= 0.6 is 15.9 Å². The summed E-state index contributed by atoms with van der Waals surface area (Å²) in [6.07, 6.45) is 1.67. The monoisotopic (exact) mass is 333 g/mol. The smallest absolute Gasteiger partial charge is 0.244 e. The van der Waals surface area contributed by atoms with E-state index < -0.39 is 0 Å². The summed E-state index contributed by atoms with van der Waals surface area (Å²) in [7, 11) is 1.75. The first-order valence-corrected chi connectivity index (χ1v) is 6.85. The average molecular weight is 334 g/mol. The number of nitrogens with one attached hydrogen (secondary N) is 2. The van der Waals surface area contributed by atoms with E-state index in [4.69, 9.17) is 0 Å². The molecule has 0 saturated carbocycles. The minimum Gasteiger partial charge on any atom is -0.357 e. The highest BCUT2D eigenvalue weighted by Crippen LogP contribution is 2.37. The maximum atomic E-state index is 11.8. The van der Waals surface area contributed by atoms with Crippen molar-refractivity contribution in [2.45, 2.75) is 0 Å². The van der Waals surface area contributed by atoms with Gasteiger partial charge in [0.15, 0.2) is 5.82 Å². The molecule has 0 unspecified atom stereocenters. The van der Waals surface area contributed by atoms with Crippen molar-refractivity contribution >= 4 is 45.0 Å². The van der Waals surface area contributed by atoms with E-state index in [1.54, 1.807) is 13.2 Å². The Kier molecular flexibility index (Phi) is 3.27. The van der Waals surface area contributed by atoms with Crippen LogP contribution in [0.5, 0.6) is 0 Å². The van der Waals surface area contributed by atoms with E-state index in [0.717, 1.165) is 15.8 Å². The second-order valence-corrected chi connectivity index (χ2v) is 5.12. The fourth-order valence-electron chi connectivity index (χ4n) is 2.09. The molecule has 102 valence electrons. The van der Waals surface area contributed by atoms with Crippen molar-refractivity contribution < 1.29 is 4.79 Å². The zero-order valence-electron chi connectivity index (χ0n) is 10.7. The van der Waals surface area contributed by atoms with Crippen LogP contribution in [0.2, 0.25) is 0 Å². The minimum atomic E-state index is -0.0692. The number of rotatable bonds is 2. The van der Waals surface area contributed by atoms with E-state index in [2.05, 4.69) is 36.5 Å². The summed E-state index contributed by atoms with van der Waals surface area (Å²) in [6.45, 7) is 0.218. The molecule has 3 rings (SSSR count). The number of hydrogen-bond donors (Lipinski definition) is 2. The number of hydrogen-bond acceptors (Lipinski definition) is 5. The Morgan fingerprint density at radius 3 is 3.00 bits per heavy atom. The topological polar surface area (TPSA) is 70.2 Å². The maximum Gasteiger partial charge on any atom is 0.244 e.